The maximum Gasteiger partial charge on any atom is 0.303 e. The molecule has 1 aromatic rings. The summed E-state index contributed by atoms with van der Waals surface area (Å²) in [4.78, 5) is 62.8. The fourth-order valence-electron chi connectivity index (χ4n) is 2.70. The number of aromatic nitrogens is 3. The number of esters is 5. The van der Waals surface area contributed by atoms with E-state index < -0.39 is 60.9 Å². The average Bonchev–Trinajstić information content (AvgIpc) is 2.97. The van der Waals surface area contributed by atoms with Gasteiger partial charge in [-0.15, -0.1) is 0 Å². The van der Waals surface area contributed by atoms with E-state index in [2.05, 4.69) is 10.1 Å². The van der Waals surface area contributed by atoms with E-state index in [9.17, 15) is 24.0 Å². The van der Waals surface area contributed by atoms with Crippen molar-refractivity contribution in [3.8, 4) is 0 Å². The highest BCUT2D eigenvalue weighted by Crippen LogP contribution is 2.29. The Morgan fingerprint density at radius 3 is 1.69 bits per heavy atom. The zero-order valence-corrected chi connectivity index (χ0v) is 18.9. The van der Waals surface area contributed by atoms with Gasteiger partial charge in [0.25, 0.3) is 0 Å². The lowest BCUT2D eigenvalue weighted by Crippen LogP contribution is -2.50. The van der Waals surface area contributed by atoms with E-state index in [1.54, 1.807) is 14.0 Å². The molecule has 32 heavy (non-hydrogen) atoms. The highest BCUT2D eigenvalue weighted by molar-refractivity contribution is 5.69. The normalized spacial score (nSPS) is 14.3. The van der Waals surface area contributed by atoms with Gasteiger partial charge in [0.2, 0.25) is 6.10 Å². The third kappa shape index (κ3) is 8.32. The molecule has 1 rings (SSSR count). The predicted molar refractivity (Wildman–Crippen MR) is 104 cm³/mol. The van der Waals surface area contributed by atoms with Crippen LogP contribution in [0.4, 0.5) is 0 Å². The molecular formula is C19H27N3O10. The van der Waals surface area contributed by atoms with Gasteiger partial charge in [-0.05, 0) is 6.92 Å². The minimum Gasteiger partial charge on any atom is -0.462 e. The Bertz CT molecular complexity index is 846. The molecule has 0 saturated carbocycles. The lowest BCUT2D eigenvalue weighted by Gasteiger charge is -2.34. The van der Waals surface area contributed by atoms with Crippen LogP contribution in [0, 0.1) is 6.92 Å². The molecule has 13 heteroatoms. The average molecular weight is 457 g/mol. The molecule has 178 valence electrons. The lowest BCUT2D eigenvalue weighted by atomic mass is 10.0. The molecule has 0 amide bonds. The first-order chi connectivity index (χ1) is 14.8. The molecule has 0 aromatic carbocycles. The van der Waals surface area contributed by atoms with Crippen LogP contribution in [0.2, 0.25) is 0 Å². The standard InChI is InChI=1S/C19H27N3O10/c1-9-20-19(21-22(9)7)18(32-14(6)27)17(31-13(5)26)16(30-12(4)25)15(29-11(3)24)8-28-10(2)23/h15-18H,8H2,1-7H3/t15-,16-,17-,18+/m1/s1. The minimum absolute atomic E-state index is 0.0577. The number of aryl methyl sites for hydroxylation is 2. The molecule has 0 N–H and O–H groups in total. The monoisotopic (exact) mass is 457 g/mol. The smallest absolute Gasteiger partial charge is 0.303 e. The molecule has 0 radical (unpaired) electrons. The van der Waals surface area contributed by atoms with Crippen LogP contribution in [-0.2, 0) is 54.7 Å². The first-order valence-electron chi connectivity index (χ1n) is 9.51. The van der Waals surface area contributed by atoms with Crippen molar-refractivity contribution in [2.45, 2.75) is 66.0 Å². The van der Waals surface area contributed by atoms with Crippen molar-refractivity contribution in [3.63, 3.8) is 0 Å². The maximum absolute atomic E-state index is 11.9. The van der Waals surface area contributed by atoms with Crippen molar-refractivity contribution in [2.75, 3.05) is 6.61 Å². The Hall–Kier alpha value is -3.51. The van der Waals surface area contributed by atoms with Crippen LogP contribution in [0.3, 0.4) is 0 Å². The number of nitrogens with zero attached hydrogens (tertiary/aromatic N) is 3. The van der Waals surface area contributed by atoms with Gasteiger partial charge in [0.15, 0.2) is 24.1 Å². The molecule has 1 heterocycles. The zero-order valence-electron chi connectivity index (χ0n) is 18.9. The van der Waals surface area contributed by atoms with E-state index in [1.807, 2.05) is 0 Å². The molecule has 0 bridgehead atoms. The highest BCUT2D eigenvalue weighted by Gasteiger charge is 2.46. The summed E-state index contributed by atoms with van der Waals surface area (Å²) in [5.74, 6) is -3.55. The van der Waals surface area contributed by atoms with E-state index in [0.29, 0.717) is 5.82 Å². The maximum atomic E-state index is 11.9. The van der Waals surface area contributed by atoms with Crippen LogP contribution in [0.15, 0.2) is 0 Å². The second kappa shape index (κ2) is 11.8. The van der Waals surface area contributed by atoms with Crippen LogP contribution in [-0.4, -0.2) is 69.5 Å². The van der Waals surface area contributed by atoms with E-state index >= 15 is 0 Å². The Balaban J connectivity index is 3.59. The number of carbonyl (C=O) groups is 5. The summed E-state index contributed by atoms with van der Waals surface area (Å²) >= 11 is 0. The Morgan fingerprint density at radius 1 is 0.781 bits per heavy atom. The van der Waals surface area contributed by atoms with Gasteiger partial charge >= 0.3 is 29.8 Å². The largest absolute Gasteiger partial charge is 0.462 e. The van der Waals surface area contributed by atoms with Crippen molar-refractivity contribution < 1.29 is 47.7 Å². The predicted octanol–water partition coefficient (Wildman–Crippen LogP) is 0.0859. The summed E-state index contributed by atoms with van der Waals surface area (Å²) < 4.78 is 27.4. The molecule has 0 aliphatic carbocycles. The third-order valence-corrected chi connectivity index (χ3v) is 3.91. The van der Waals surface area contributed by atoms with Gasteiger partial charge in [-0.3, -0.25) is 28.7 Å². The van der Waals surface area contributed by atoms with Crippen LogP contribution < -0.4 is 0 Å². The molecule has 0 aliphatic rings. The number of ether oxygens (including phenoxy) is 5. The van der Waals surface area contributed by atoms with Crippen molar-refractivity contribution in [1.29, 1.82) is 0 Å². The topological polar surface area (TPSA) is 162 Å². The molecule has 0 spiro atoms. The highest BCUT2D eigenvalue weighted by atomic mass is 16.6. The Labute approximate surface area is 184 Å². The Kier molecular flexibility index (Phi) is 9.75. The number of rotatable bonds is 10. The fraction of sp³-hybridized carbons (Fsp3) is 0.632. The van der Waals surface area contributed by atoms with E-state index in [-0.39, 0.29) is 5.82 Å². The Morgan fingerprint density at radius 2 is 1.28 bits per heavy atom. The summed E-state index contributed by atoms with van der Waals surface area (Å²) in [6, 6.07) is 0. The molecular weight excluding hydrogens is 430 g/mol. The SMILES string of the molecule is CC(=O)OC[C@@H](OC(C)=O)[C@@H](OC(C)=O)[C@@H](OC(C)=O)[C@H](OC(C)=O)c1nc(C)n(C)n1. The summed E-state index contributed by atoms with van der Waals surface area (Å²) in [5, 5.41) is 4.15. The van der Waals surface area contributed by atoms with Gasteiger partial charge in [-0.1, -0.05) is 0 Å². The molecule has 0 unspecified atom stereocenters. The van der Waals surface area contributed by atoms with Crippen LogP contribution in [0.1, 0.15) is 52.4 Å². The quantitative estimate of drug-likeness (QED) is 0.344. The van der Waals surface area contributed by atoms with E-state index in [4.69, 9.17) is 23.7 Å². The van der Waals surface area contributed by atoms with Crippen LogP contribution >= 0.6 is 0 Å². The molecule has 4 atom stereocenters. The van der Waals surface area contributed by atoms with Gasteiger partial charge in [-0.25, -0.2) is 4.98 Å². The van der Waals surface area contributed by atoms with E-state index in [0.717, 1.165) is 34.6 Å². The molecule has 1 aromatic heterocycles. The minimum atomic E-state index is -1.55. The second-order valence-corrected chi connectivity index (χ2v) is 6.77. The summed E-state index contributed by atoms with van der Waals surface area (Å²) in [6.07, 6.45) is -5.96. The van der Waals surface area contributed by atoms with Gasteiger partial charge in [0.1, 0.15) is 12.4 Å². The van der Waals surface area contributed by atoms with E-state index in [1.165, 1.54) is 4.68 Å². The van der Waals surface area contributed by atoms with Crippen molar-refractivity contribution in [1.82, 2.24) is 14.8 Å². The van der Waals surface area contributed by atoms with Crippen molar-refractivity contribution >= 4 is 29.8 Å². The lowest BCUT2D eigenvalue weighted by molar-refractivity contribution is -0.204. The summed E-state index contributed by atoms with van der Waals surface area (Å²) in [6.45, 7) is 6.55. The zero-order chi connectivity index (χ0) is 24.6. The van der Waals surface area contributed by atoms with Gasteiger partial charge in [0, 0.05) is 41.7 Å². The second-order valence-electron chi connectivity index (χ2n) is 6.77. The summed E-state index contributed by atoms with van der Waals surface area (Å²) in [7, 11) is 1.59. The third-order valence-electron chi connectivity index (χ3n) is 3.91. The van der Waals surface area contributed by atoms with Crippen molar-refractivity contribution in [2.24, 2.45) is 7.05 Å². The van der Waals surface area contributed by atoms with Gasteiger partial charge in [0.05, 0.1) is 0 Å². The summed E-state index contributed by atoms with van der Waals surface area (Å²) in [5.41, 5.74) is 0. The van der Waals surface area contributed by atoms with Crippen LogP contribution in [0.5, 0.6) is 0 Å². The van der Waals surface area contributed by atoms with Crippen molar-refractivity contribution in [3.05, 3.63) is 11.6 Å². The number of hydrogen-bond donors (Lipinski definition) is 0. The first kappa shape index (κ1) is 26.5. The molecule has 0 aliphatic heterocycles. The first-order valence-corrected chi connectivity index (χ1v) is 9.51. The fourth-order valence-corrected chi connectivity index (χ4v) is 2.70. The molecule has 13 nitrogen and oxygen atoms in total. The number of carbonyl (C=O) groups excluding carboxylic acids is 5. The molecule has 0 saturated heterocycles. The molecule has 0 fully saturated rings. The van der Waals surface area contributed by atoms with Gasteiger partial charge in [-0.2, -0.15) is 5.10 Å². The number of hydrogen-bond acceptors (Lipinski definition) is 12. The van der Waals surface area contributed by atoms with Crippen LogP contribution in [0.25, 0.3) is 0 Å². The van der Waals surface area contributed by atoms with Gasteiger partial charge < -0.3 is 23.7 Å².